The monoisotopic (exact) mass is 284 g/mol. The fourth-order valence-corrected chi connectivity index (χ4v) is 2.14. The Morgan fingerprint density at radius 1 is 1.19 bits per heavy atom. The number of nitrogens with zero attached hydrogens (tertiary/aromatic N) is 1. The number of carbonyl (C=O) groups excluding carboxylic acids is 1. The van der Waals surface area contributed by atoms with Crippen LogP contribution in [-0.2, 0) is 6.54 Å². The van der Waals surface area contributed by atoms with Crippen LogP contribution in [0.1, 0.15) is 21.5 Å². The second-order valence-electron chi connectivity index (χ2n) is 5.10. The maximum absolute atomic E-state index is 12.5. The fraction of sp³-hybridized carbons (Fsp3) is 0.235. The van der Waals surface area contributed by atoms with E-state index in [9.17, 15) is 4.79 Å². The van der Waals surface area contributed by atoms with E-state index in [1.165, 1.54) is 0 Å². The van der Waals surface area contributed by atoms with Crippen molar-refractivity contribution < 1.29 is 9.53 Å². The normalized spacial score (nSPS) is 10.2. The average Bonchev–Trinajstić information content (AvgIpc) is 2.49. The summed E-state index contributed by atoms with van der Waals surface area (Å²) in [5, 5.41) is 0. The highest BCUT2D eigenvalue weighted by Crippen LogP contribution is 2.18. The molecule has 0 bridgehead atoms. The van der Waals surface area contributed by atoms with Crippen molar-refractivity contribution >= 4 is 11.6 Å². The molecule has 0 unspecified atom stereocenters. The topological polar surface area (TPSA) is 55.6 Å². The maximum atomic E-state index is 12.5. The number of rotatable bonds is 4. The van der Waals surface area contributed by atoms with Gasteiger partial charge in [-0.15, -0.1) is 0 Å². The van der Waals surface area contributed by atoms with E-state index in [0.29, 0.717) is 17.8 Å². The SMILES string of the molecule is COc1ccc(CN(C)C(=O)c2cc(C)ccc2N)cc1. The molecule has 21 heavy (non-hydrogen) atoms. The summed E-state index contributed by atoms with van der Waals surface area (Å²) in [4.78, 5) is 14.1. The highest BCUT2D eigenvalue weighted by atomic mass is 16.5. The highest BCUT2D eigenvalue weighted by Gasteiger charge is 2.15. The minimum atomic E-state index is -0.0768. The summed E-state index contributed by atoms with van der Waals surface area (Å²) in [6.07, 6.45) is 0. The van der Waals surface area contributed by atoms with E-state index >= 15 is 0 Å². The summed E-state index contributed by atoms with van der Waals surface area (Å²) >= 11 is 0. The Morgan fingerprint density at radius 3 is 2.48 bits per heavy atom. The summed E-state index contributed by atoms with van der Waals surface area (Å²) in [6, 6.07) is 13.1. The van der Waals surface area contributed by atoms with E-state index < -0.39 is 0 Å². The van der Waals surface area contributed by atoms with Gasteiger partial charge in [-0.1, -0.05) is 23.8 Å². The Bertz CT molecular complexity index is 636. The number of hydrogen-bond donors (Lipinski definition) is 1. The lowest BCUT2D eigenvalue weighted by Crippen LogP contribution is -2.27. The standard InChI is InChI=1S/C17H20N2O2/c1-12-4-9-16(18)15(10-12)17(20)19(2)11-13-5-7-14(21-3)8-6-13/h4-10H,11,18H2,1-3H3. The number of methoxy groups -OCH3 is 1. The smallest absolute Gasteiger partial charge is 0.255 e. The molecule has 0 fully saturated rings. The first-order chi connectivity index (χ1) is 10.0. The molecule has 0 saturated carbocycles. The molecule has 2 aromatic rings. The van der Waals surface area contributed by atoms with Crippen LogP contribution in [0.5, 0.6) is 5.75 Å². The molecule has 2 N–H and O–H groups in total. The first-order valence-corrected chi connectivity index (χ1v) is 6.76. The Labute approximate surface area is 125 Å². The van der Waals surface area contributed by atoms with Crippen LogP contribution in [0.4, 0.5) is 5.69 Å². The van der Waals surface area contributed by atoms with Crippen LogP contribution in [0.25, 0.3) is 0 Å². The van der Waals surface area contributed by atoms with Crippen molar-refractivity contribution in [1.29, 1.82) is 0 Å². The number of nitrogens with two attached hydrogens (primary N) is 1. The first-order valence-electron chi connectivity index (χ1n) is 6.76. The summed E-state index contributed by atoms with van der Waals surface area (Å²) in [5.41, 5.74) is 9.01. The highest BCUT2D eigenvalue weighted by molar-refractivity contribution is 5.99. The van der Waals surface area contributed by atoms with Crippen LogP contribution >= 0.6 is 0 Å². The molecular formula is C17H20N2O2. The van der Waals surface area contributed by atoms with Crippen LogP contribution in [0.2, 0.25) is 0 Å². The van der Waals surface area contributed by atoms with Gasteiger partial charge in [-0.25, -0.2) is 0 Å². The van der Waals surface area contributed by atoms with Gasteiger partial charge in [-0.05, 0) is 36.8 Å². The molecule has 2 rings (SSSR count). The van der Waals surface area contributed by atoms with Gasteiger partial charge in [0.05, 0.1) is 12.7 Å². The molecule has 2 aromatic carbocycles. The number of ether oxygens (including phenoxy) is 1. The van der Waals surface area contributed by atoms with Crippen LogP contribution in [0, 0.1) is 6.92 Å². The third kappa shape index (κ3) is 3.54. The molecule has 0 aliphatic rings. The Hall–Kier alpha value is -2.49. The van der Waals surface area contributed by atoms with Gasteiger partial charge in [0.15, 0.2) is 0 Å². The number of aryl methyl sites for hydroxylation is 1. The van der Waals surface area contributed by atoms with Gasteiger partial charge in [-0.3, -0.25) is 4.79 Å². The van der Waals surface area contributed by atoms with Crippen LogP contribution in [0.15, 0.2) is 42.5 Å². The van der Waals surface area contributed by atoms with E-state index in [-0.39, 0.29) is 5.91 Å². The van der Waals surface area contributed by atoms with Gasteiger partial charge in [0.25, 0.3) is 5.91 Å². The lowest BCUT2D eigenvalue weighted by molar-refractivity contribution is 0.0786. The second-order valence-corrected chi connectivity index (χ2v) is 5.10. The van der Waals surface area contributed by atoms with Gasteiger partial charge in [0.1, 0.15) is 5.75 Å². The van der Waals surface area contributed by atoms with Gasteiger partial charge in [-0.2, -0.15) is 0 Å². The fourth-order valence-electron chi connectivity index (χ4n) is 2.14. The van der Waals surface area contributed by atoms with Gasteiger partial charge < -0.3 is 15.4 Å². The molecule has 0 atom stereocenters. The summed E-state index contributed by atoms with van der Waals surface area (Å²) in [5.74, 6) is 0.725. The Morgan fingerprint density at radius 2 is 1.86 bits per heavy atom. The number of amides is 1. The number of carbonyl (C=O) groups is 1. The summed E-state index contributed by atoms with van der Waals surface area (Å²) in [7, 11) is 3.40. The van der Waals surface area contributed by atoms with Crippen LogP contribution < -0.4 is 10.5 Å². The minimum Gasteiger partial charge on any atom is -0.497 e. The predicted molar refractivity (Wildman–Crippen MR) is 84.4 cm³/mol. The van der Waals surface area contributed by atoms with Crippen molar-refractivity contribution in [2.24, 2.45) is 0 Å². The van der Waals surface area contributed by atoms with Crippen molar-refractivity contribution in [3.63, 3.8) is 0 Å². The molecule has 0 heterocycles. The van der Waals surface area contributed by atoms with E-state index in [1.54, 1.807) is 25.1 Å². The van der Waals surface area contributed by atoms with E-state index in [4.69, 9.17) is 10.5 Å². The van der Waals surface area contributed by atoms with E-state index in [1.807, 2.05) is 43.3 Å². The molecule has 4 nitrogen and oxygen atoms in total. The van der Waals surface area contributed by atoms with Gasteiger partial charge >= 0.3 is 0 Å². The quantitative estimate of drug-likeness (QED) is 0.878. The lowest BCUT2D eigenvalue weighted by Gasteiger charge is -2.19. The van der Waals surface area contributed by atoms with Gasteiger partial charge in [0, 0.05) is 19.3 Å². The summed E-state index contributed by atoms with van der Waals surface area (Å²) < 4.78 is 5.12. The predicted octanol–water partition coefficient (Wildman–Crippen LogP) is 2.86. The molecule has 0 spiro atoms. The number of hydrogen-bond acceptors (Lipinski definition) is 3. The Balaban J connectivity index is 2.13. The molecule has 0 saturated heterocycles. The third-order valence-corrected chi connectivity index (χ3v) is 3.36. The molecule has 0 aliphatic carbocycles. The zero-order chi connectivity index (χ0) is 15.4. The van der Waals surface area contributed by atoms with Crippen molar-refractivity contribution in [3.8, 4) is 5.75 Å². The molecule has 0 aliphatic heterocycles. The summed E-state index contributed by atoms with van der Waals surface area (Å²) in [6.45, 7) is 2.47. The molecule has 1 amide bonds. The number of benzene rings is 2. The van der Waals surface area contributed by atoms with Crippen molar-refractivity contribution in [2.75, 3.05) is 19.9 Å². The second kappa shape index (κ2) is 6.31. The lowest BCUT2D eigenvalue weighted by atomic mass is 10.1. The molecular weight excluding hydrogens is 264 g/mol. The van der Waals surface area contributed by atoms with E-state index in [2.05, 4.69) is 0 Å². The first kappa shape index (κ1) is 14.9. The van der Waals surface area contributed by atoms with Crippen molar-refractivity contribution in [1.82, 2.24) is 4.90 Å². The van der Waals surface area contributed by atoms with E-state index in [0.717, 1.165) is 16.9 Å². The van der Waals surface area contributed by atoms with Crippen LogP contribution in [-0.4, -0.2) is 25.0 Å². The molecule has 0 aromatic heterocycles. The van der Waals surface area contributed by atoms with Crippen molar-refractivity contribution in [3.05, 3.63) is 59.2 Å². The average molecular weight is 284 g/mol. The van der Waals surface area contributed by atoms with Crippen LogP contribution in [0.3, 0.4) is 0 Å². The zero-order valence-electron chi connectivity index (χ0n) is 12.6. The number of anilines is 1. The Kier molecular flexibility index (Phi) is 4.48. The number of nitrogen functional groups attached to an aromatic ring is 1. The minimum absolute atomic E-state index is 0.0768. The third-order valence-electron chi connectivity index (χ3n) is 3.36. The molecule has 0 radical (unpaired) electrons. The largest absolute Gasteiger partial charge is 0.497 e. The maximum Gasteiger partial charge on any atom is 0.255 e. The van der Waals surface area contributed by atoms with Crippen molar-refractivity contribution in [2.45, 2.75) is 13.5 Å². The van der Waals surface area contributed by atoms with Gasteiger partial charge in [0.2, 0.25) is 0 Å². The molecule has 4 heteroatoms. The molecule has 110 valence electrons. The zero-order valence-corrected chi connectivity index (χ0v) is 12.6.